The van der Waals surface area contributed by atoms with Crippen LogP contribution in [0.1, 0.15) is 16.7 Å². The zero-order valence-electron chi connectivity index (χ0n) is 15.9. The molecule has 2 heteroatoms. The number of hydrogen-bond acceptors (Lipinski definition) is 1. The second kappa shape index (κ2) is 7.16. The molecular formula is C27H18OY-2. The van der Waals surface area contributed by atoms with E-state index in [1.165, 1.54) is 27.8 Å². The molecule has 0 spiro atoms. The first kappa shape index (κ1) is 18.7. The molecule has 0 amide bonds. The molecule has 2 unspecified atom stereocenters. The fourth-order valence-corrected chi connectivity index (χ4v) is 5.07. The quantitative estimate of drug-likeness (QED) is 0.320. The number of furan rings is 1. The average molecular weight is 447 g/mol. The summed E-state index contributed by atoms with van der Waals surface area (Å²) in [5, 5.41) is 1.14. The summed E-state index contributed by atoms with van der Waals surface area (Å²) in [6, 6.07) is 27.2. The predicted molar refractivity (Wildman–Crippen MR) is 113 cm³/mol. The smallest absolute Gasteiger partial charge is 0.141 e. The third-order valence-corrected chi connectivity index (χ3v) is 6.16. The van der Waals surface area contributed by atoms with Crippen molar-refractivity contribution in [3.05, 3.63) is 126 Å². The van der Waals surface area contributed by atoms with Crippen molar-refractivity contribution in [1.29, 1.82) is 0 Å². The Morgan fingerprint density at radius 1 is 0.897 bits per heavy atom. The van der Waals surface area contributed by atoms with Gasteiger partial charge in [-0.05, 0) is 22.8 Å². The third kappa shape index (κ3) is 2.51. The van der Waals surface area contributed by atoms with Crippen LogP contribution in [-0.2, 0) is 38.1 Å². The van der Waals surface area contributed by atoms with Crippen LogP contribution in [0.4, 0.5) is 0 Å². The zero-order valence-corrected chi connectivity index (χ0v) is 18.7. The maximum Gasteiger partial charge on any atom is 0.141 e. The molecule has 4 aromatic rings. The minimum atomic E-state index is -0.324. The van der Waals surface area contributed by atoms with Gasteiger partial charge in [-0.25, -0.2) is 18.6 Å². The number of allylic oxidation sites excluding steroid dienone is 4. The van der Waals surface area contributed by atoms with E-state index in [2.05, 4.69) is 85.3 Å². The second-order valence-corrected chi connectivity index (χ2v) is 7.44. The van der Waals surface area contributed by atoms with Gasteiger partial charge in [0.15, 0.2) is 0 Å². The summed E-state index contributed by atoms with van der Waals surface area (Å²) in [5.41, 5.74) is 6.91. The van der Waals surface area contributed by atoms with E-state index in [1.807, 2.05) is 18.2 Å². The van der Waals surface area contributed by atoms with E-state index in [0.29, 0.717) is 0 Å². The Hall–Kier alpha value is -2.35. The van der Waals surface area contributed by atoms with Crippen LogP contribution in [0.2, 0.25) is 0 Å². The largest absolute Gasteiger partial charge is 0.464 e. The first-order valence-electron chi connectivity index (χ1n) is 9.67. The van der Waals surface area contributed by atoms with Crippen LogP contribution >= 0.6 is 0 Å². The Morgan fingerprint density at radius 2 is 1.79 bits per heavy atom. The van der Waals surface area contributed by atoms with E-state index >= 15 is 0 Å². The van der Waals surface area contributed by atoms with Crippen LogP contribution in [0.5, 0.6) is 0 Å². The van der Waals surface area contributed by atoms with Crippen molar-refractivity contribution in [1.82, 2.24) is 0 Å². The van der Waals surface area contributed by atoms with Crippen molar-refractivity contribution < 1.29 is 37.1 Å². The van der Waals surface area contributed by atoms with Crippen molar-refractivity contribution >= 4 is 11.0 Å². The molecule has 2 aliphatic rings. The van der Waals surface area contributed by atoms with Crippen LogP contribution < -0.4 is 0 Å². The van der Waals surface area contributed by atoms with E-state index in [-0.39, 0.29) is 44.0 Å². The number of fused-ring (bicyclic) bond motifs is 5. The summed E-state index contributed by atoms with van der Waals surface area (Å²) in [5.74, 6) is 0.200. The summed E-state index contributed by atoms with van der Waals surface area (Å²) in [6.07, 6.45) is 12.8. The minimum absolute atomic E-state index is 0. The van der Waals surface area contributed by atoms with E-state index in [9.17, 15) is 0 Å². The molecule has 2 atom stereocenters. The maximum atomic E-state index is 5.98. The molecule has 0 N–H and O–H groups in total. The van der Waals surface area contributed by atoms with Crippen LogP contribution in [0.3, 0.4) is 0 Å². The SMILES string of the molecule is [Y].[c-]1ccccc1C1(C2C=CC=C[CH-]2)c2ccccc2-c2c1ccc1ccoc21. The summed E-state index contributed by atoms with van der Waals surface area (Å²) < 4.78 is 5.98. The van der Waals surface area contributed by atoms with Crippen molar-refractivity contribution in [2.24, 2.45) is 5.92 Å². The van der Waals surface area contributed by atoms with Crippen molar-refractivity contribution in [2.45, 2.75) is 5.41 Å². The first-order valence-corrected chi connectivity index (χ1v) is 9.67. The van der Waals surface area contributed by atoms with Gasteiger partial charge in [0.05, 0.1) is 6.26 Å². The van der Waals surface area contributed by atoms with Gasteiger partial charge in [0, 0.05) is 49.1 Å². The fourth-order valence-electron chi connectivity index (χ4n) is 5.07. The molecule has 1 nitrogen and oxygen atoms in total. The minimum Gasteiger partial charge on any atom is -0.464 e. The standard InChI is InChI=1S/C27H18O.Y/c1-3-9-20(10-4-1)27(21-11-5-2-6-12-21)23-14-8-7-13-22(23)25-24(27)16-15-19-17-18-28-26(19)25;/h1-11,13-18,20H;/q-2;. The molecule has 137 valence electrons. The van der Waals surface area contributed by atoms with Crippen molar-refractivity contribution in [3.63, 3.8) is 0 Å². The molecule has 6 rings (SSSR count). The monoisotopic (exact) mass is 447 g/mol. The number of hydrogen-bond donors (Lipinski definition) is 0. The molecule has 3 aromatic carbocycles. The molecule has 1 radical (unpaired) electrons. The Morgan fingerprint density at radius 3 is 2.62 bits per heavy atom. The zero-order chi connectivity index (χ0) is 18.6. The van der Waals surface area contributed by atoms with Gasteiger partial charge in [-0.3, -0.25) is 0 Å². The summed E-state index contributed by atoms with van der Waals surface area (Å²) in [7, 11) is 0. The number of rotatable bonds is 2. The molecule has 0 fully saturated rings. The van der Waals surface area contributed by atoms with Crippen LogP contribution in [0, 0.1) is 18.4 Å². The van der Waals surface area contributed by atoms with Crippen LogP contribution in [-0.4, -0.2) is 0 Å². The Bertz CT molecular complexity index is 1250. The summed E-state index contributed by atoms with van der Waals surface area (Å²) >= 11 is 0. The number of benzene rings is 3. The summed E-state index contributed by atoms with van der Waals surface area (Å²) in [4.78, 5) is 0. The molecule has 1 heterocycles. The van der Waals surface area contributed by atoms with Crippen molar-refractivity contribution in [3.8, 4) is 11.1 Å². The van der Waals surface area contributed by atoms with Gasteiger partial charge >= 0.3 is 0 Å². The molecule has 0 saturated heterocycles. The molecule has 29 heavy (non-hydrogen) atoms. The Labute approximate surface area is 196 Å². The van der Waals surface area contributed by atoms with Gasteiger partial charge in [0.2, 0.25) is 0 Å². The Balaban J connectivity index is 0.00000181. The molecular weight excluding hydrogens is 429 g/mol. The topological polar surface area (TPSA) is 13.1 Å². The van der Waals surface area contributed by atoms with Gasteiger partial charge in [-0.2, -0.15) is 30.3 Å². The van der Waals surface area contributed by atoms with Gasteiger partial charge in [0.1, 0.15) is 5.58 Å². The van der Waals surface area contributed by atoms with Gasteiger partial charge in [0.25, 0.3) is 0 Å². The second-order valence-electron chi connectivity index (χ2n) is 7.44. The molecule has 2 aliphatic carbocycles. The fraction of sp³-hybridized carbons (Fsp3) is 0.0741. The predicted octanol–water partition coefficient (Wildman–Crippen LogP) is 6.49. The molecule has 0 bridgehead atoms. The van der Waals surface area contributed by atoms with E-state index < -0.39 is 0 Å². The average Bonchev–Trinajstić information content (AvgIpc) is 3.36. The molecule has 0 aliphatic heterocycles. The Kier molecular flexibility index (Phi) is 4.61. The van der Waals surface area contributed by atoms with E-state index in [1.54, 1.807) is 6.26 Å². The van der Waals surface area contributed by atoms with Gasteiger partial charge in [-0.15, -0.1) is 17.7 Å². The van der Waals surface area contributed by atoms with Crippen LogP contribution in [0.25, 0.3) is 22.1 Å². The van der Waals surface area contributed by atoms with Gasteiger partial charge < -0.3 is 4.42 Å². The first-order chi connectivity index (χ1) is 13.9. The third-order valence-electron chi connectivity index (χ3n) is 6.16. The maximum absolute atomic E-state index is 5.98. The molecule has 0 saturated carbocycles. The van der Waals surface area contributed by atoms with Gasteiger partial charge in [-0.1, -0.05) is 42.3 Å². The van der Waals surface area contributed by atoms with Crippen LogP contribution in [0.15, 0.2) is 102 Å². The summed E-state index contributed by atoms with van der Waals surface area (Å²) in [6.45, 7) is 0. The van der Waals surface area contributed by atoms with Crippen molar-refractivity contribution in [2.75, 3.05) is 0 Å². The van der Waals surface area contributed by atoms with E-state index in [4.69, 9.17) is 4.42 Å². The van der Waals surface area contributed by atoms with E-state index in [0.717, 1.165) is 11.0 Å². The molecule has 1 aromatic heterocycles. The normalized spacial score (nSPS) is 21.3.